The molecule has 47 heavy (non-hydrogen) atoms. The smallest absolute Gasteiger partial charge is 0.341 e. The zero-order valence-electron chi connectivity index (χ0n) is 29.5. The molecule has 2 heterocycles. The number of piperidine rings is 1. The van der Waals surface area contributed by atoms with Crippen molar-refractivity contribution in [2.24, 2.45) is 11.3 Å². The van der Waals surface area contributed by atoms with E-state index in [1.54, 1.807) is 16.4 Å². The second kappa shape index (κ2) is 14.2. The summed E-state index contributed by atoms with van der Waals surface area (Å²) >= 11 is 6.81. The zero-order chi connectivity index (χ0) is 34.9. The molecule has 2 aromatic rings. The molecule has 2 fully saturated rings. The Morgan fingerprint density at radius 3 is 2.17 bits per heavy atom. The lowest BCUT2D eigenvalue weighted by Gasteiger charge is -2.54. The van der Waals surface area contributed by atoms with Crippen LogP contribution in [0.4, 0.5) is 0 Å². The van der Waals surface area contributed by atoms with Gasteiger partial charge in [-0.05, 0) is 84.2 Å². The van der Waals surface area contributed by atoms with Gasteiger partial charge in [0.2, 0.25) is 10.0 Å². The Kier molecular flexibility index (Phi) is 11.3. The van der Waals surface area contributed by atoms with Crippen LogP contribution in [0.3, 0.4) is 0 Å². The summed E-state index contributed by atoms with van der Waals surface area (Å²) in [6, 6.07) is 11.2. The number of unbranched alkanes of at least 4 members (excludes halogenated alkanes) is 1. The van der Waals surface area contributed by atoms with E-state index < -0.39 is 28.7 Å². The Morgan fingerprint density at radius 2 is 1.66 bits per heavy atom. The van der Waals surface area contributed by atoms with E-state index in [2.05, 4.69) is 61.1 Å². The van der Waals surface area contributed by atoms with Crippen molar-refractivity contribution < 1.29 is 27.8 Å². The minimum Gasteiger partial charge on any atom is -0.480 e. The first kappa shape index (κ1) is 37.4. The third-order valence-electron chi connectivity index (χ3n) is 10.1. The molecule has 0 saturated carbocycles. The van der Waals surface area contributed by atoms with Crippen LogP contribution in [0.25, 0.3) is 0 Å². The molecule has 9 heteroatoms. The number of nitrogens with zero attached hydrogens (tertiary/aromatic N) is 1. The summed E-state index contributed by atoms with van der Waals surface area (Å²) in [5.41, 5.74) is 3.29. The molecule has 0 aromatic heterocycles. The summed E-state index contributed by atoms with van der Waals surface area (Å²) in [7, 11) is -3.64. The number of halogens is 1. The van der Waals surface area contributed by atoms with Gasteiger partial charge in [0.15, 0.2) is 6.61 Å². The Morgan fingerprint density at radius 1 is 1.06 bits per heavy atom. The van der Waals surface area contributed by atoms with Gasteiger partial charge in [-0.15, -0.1) is 0 Å². The Balaban J connectivity index is 1.68. The van der Waals surface area contributed by atoms with E-state index in [1.807, 2.05) is 25.1 Å². The number of hydrogen-bond acceptors (Lipinski definition) is 5. The number of hydrogen-bond donors (Lipinski definition) is 1. The van der Waals surface area contributed by atoms with Crippen molar-refractivity contribution in [2.45, 2.75) is 122 Å². The molecule has 2 saturated heterocycles. The molecule has 4 rings (SSSR count). The average molecular weight is 688 g/mol. The van der Waals surface area contributed by atoms with Gasteiger partial charge in [-0.25, -0.2) is 13.2 Å². The maximum atomic E-state index is 13.8. The second-order valence-electron chi connectivity index (χ2n) is 15.7. The maximum Gasteiger partial charge on any atom is 0.341 e. The topological polar surface area (TPSA) is 93.1 Å². The van der Waals surface area contributed by atoms with E-state index in [4.69, 9.17) is 21.1 Å². The van der Waals surface area contributed by atoms with Crippen molar-refractivity contribution in [3.63, 3.8) is 0 Å². The summed E-state index contributed by atoms with van der Waals surface area (Å²) in [6.45, 7) is 21.5. The van der Waals surface area contributed by atoms with Crippen molar-refractivity contribution >= 4 is 27.6 Å². The van der Waals surface area contributed by atoms with E-state index in [0.717, 1.165) is 47.9 Å². The number of sulfonamides is 1. The highest BCUT2D eigenvalue weighted by atomic mass is 35.5. The van der Waals surface area contributed by atoms with Crippen molar-refractivity contribution in [1.29, 1.82) is 0 Å². The van der Waals surface area contributed by atoms with Gasteiger partial charge >= 0.3 is 5.97 Å². The van der Waals surface area contributed by atoms with Gasteiger partial charge in [0, 0.05) is 24.6 Å². The van der Waals surface area contributed by atoms with Crippen LogP contribution in [0.2, 0.25) is 5.02 Å². The fourth-order valence-electron chi connectivity index (χ4n) is 7.10. The standard InChI is InChI=1S/C38H54ClNO6S/c1-10-11-12-32-38(17-19-40(20-18-38)47(43,44)28-15-13-26(14-16-28)36(4,5)6)23-30(25(2)3)34(46-32)29-21-27(37(7,8)9)22-31(39)35(29)45-24-33(41)42/h13-16,21-22,30,32,34H,2,10-12,17-20,23-24H2,1,3-9H3,(H,41,42)/t30-,32+,34-/m0/s1. The maximum absolute atomic E-state index is 13.8. The van der Waals surface area contributed by atoms with Gasteiger partial charge in [0.1, 0.15) is 5.75 Å². The molecule has 1 N–H and O–H groups in total. The molecule has 0 amide bonds. The van der Waals surface area contributed by atoms with Gasteiger partial charge in [0.25, 0.3) is 0 Å². The number of benzene rings is 2. The van der Waals surface area contributed by atoms with Gasteiger partial charge in [-0.2, -0.15) is 4.31 Å². The summed E-state index contributed by atoms with van der Waals surface area (Å²) in [4.78, 5) is 11.9. The number of carboxylic acid groups (broad SMARTS) is 1. The van der Waals surface area contributed by atoms with Gasteiger partial charge in [-0.3, -0.25) is 0 Å². The first-order chi connectivity index (χ1) is 21.8. The molecule has 2 aromatic carbocycles. The molecule has 260 valence electrons. The summed E-state index contributed by atoms with van der Waals surface area (Å²) in [5.74, 6) is -0.846. The Labute approximate surface area is 287 Å². The lowest BCUT2D eigenvalue weighted by Crippen LogP contribution is -2.53. The normalized spacial score (nSPS) is 22.3. The van der Waals surface area contributed by atoms with Gasteiger partial charge in [0.05, 0.1) is 22.1 Å². The molecule has 1 spiro atoms. The third kappa shape index (κ3) is 8.26. The number of ether oxygens (including phenoxy) is 2. The number of rotatable bonds is 10. The molecule has 3 atom stereocenters. The molecule has 0 radical (unpaired) electrons. The van der Waals surface area contributed by atoms with Gasteiger partial charge < -0.3 is 14.6 Å². The van der Waals surface area contributed by atoms with E-state index >= 15 is 0 Å². The molecule has 2 aliphatic rings. The summed E-state index contributed by atoms with van der Waals surface area (Å²) in [6.07, 6.45) is 4.42. The number of aliphatic carboxylic acids is 1. The van der Waals surface area contributed by atoms with E-state index in [1.165, 1.54) is 0 Å². The molecule has 0 aliphatic carbocycles. The monoisotopic (exact) mass is 687 g/mol. The first-order valence-electron chi connectivity index (χ1n) is 16.9. The van der Waals surface area contributed by atoms with Crippen LogP contribution in [0.1, 0.15) is 117 Å². The minimum atomic E-state index is -3.64. The minimum absolute atomic E-state index is 0.0610. The highest BCUT2D eigenvalue weighted by Gasteiger charge is 2.51. The van der Waals surface area contributed by atoms with Crippen LogP contribution in [0.15, 0.2) is 53.4 Å². The third-order valence-corrected chi connectivity index (χ3v) is 12.3. The van der Waals surface area contributed by atoms with Crippen LogP contribution in [0.5, 0.6) is 5.75 Å². The van der Waals surface area contributed by atoms with Crippen molar-refractivity contribution in [1.82, 2.24) is 4.31 Å². The average Bonchev–Trinajstić information content (AvgIpc) is 2.98. The van der Waals surface area contributed by atoms with E-state index in [9.17, 15) is 18.3 Å². The number of carboxylic acids is 1. The van der Waals surface area contributed by atoms with Crippen molar-refractivity contribution in [2.75, 3.05) is 19.7 Å². The van der Waals surface area contributed by atoms with Crippen LogP contribution < -0.4 is 4.74 Å². The molecule has 2 aliphatic heterocycles. The van der Waals surface area contributed by atoms with E-state index in [0.29, 0.717) is 41.6 Å². The lowest BCUT2D eigenvalue weighted by atomic mass is 9.63. The fraction of sp³-hybridized carbons (Fsp3) is 0.605. The van der Waals surface area contributed by atoms with Crippen molar-refractivity contribution in [3.05, 3.63) is 70.3 Å². The molecular weight excluding hydrogens is 634 g/mol. The predicted molar refractivity (Wildman–Crippen MR) is 189 cm³/mol. The zero-order valence-corrected chi connectivity index (χ0v) is 31.1. The Hall–Kier alpha value is -2.39. The molecule has 7 nitrogen and oxygen atoms in total. The van der Waals surface area contributed by atoms with Crippen LogP contribution in [-0.2, 0) is 30.4 Å². The molecule has 0 bridgehead atoms. The highest BCUT2D eigenvalue weighted by molar-refractivity contribution is 7.89. The summed E-state index contributed by atoms with van der Waals surface area (Å²) < 4.78 is 42.2. The van der Waals surface area contributed by atoms with Crippen LogP contribution in [0, 0.1) is 11.3 Å². The van der Waals surface area contributed by atoms with E-state index in [-0.39, 0.29) is 28.3 Å². The van der Waals surface area contributed by atoms with Gasteiger partial charge in [-0.1, -0.05) is 97.2 Å². The SMILES string of the molecule is C=C(C)[C@@H]1CC2(CCN(S(=O)(=O)c3ccc(C(C)(C)C)cc3)CC2)[C@@H](CCCC)O[C@H]1c1cc(C(C)(C)C)cc(Cl)c1OCC(=O)O. The largest absolute Gasteiger partial charge is 0.480 e. The highest BCUT2D eigenvalue weighted by Crippen LogP contribution is 2.56. The first-order valence-corrected chi connectivity index (χ1v) is 18.7. The van der Waals surface area contributed by atoms with Crippen LogP contribution >= 0.6 is 11.6 Å². The van der Waals surface area contributed by atoms with Crippen molar-refractivity contribution in [3.8, 4) is 5.75 Å². The lowest BCUT2D eigenvalue weighted by molar-refractivity contribution is -0.170. The Bertz CT molecular complexity index is 1550. The van der Waals surface area contributed by atoms with Crippen LogP contribution in [-0.4, -0.2) is 49.6 Å². The number of carbonyl (C=O) groups is 1. The second-order valence-corrected chi connectivity index (χ2v) is 18.0. The summed E-state index contributed by atoms with van der Waals surface area (Å²) in [5, 5.41) is 9.79. The molecule has 0 unspecified atom stereocenters. The molecular formula is C38H54ClNO6S. The quantitative estimate of drug-likeness (QED) is 0.251. The fourth-order valence-corrected chi connectivity index (χ4v) is 8.82. The predicted octanol–water partition coefficient (Wildman–Crippen LogP) is 9.08.